The van der Waals surface area contributed by atoms with E-state index in [4.69, 9.17) is 11.6 Å². The topological polar surface area (TPSA) is 29.1 Å². The van der Waals surface area contributed by atoms with Crippen molar-refractivity contribution in [3.63, 3.8) is 0 Å². The Hall–Kier alpha value is -1.36. The highest BCUT2D eigenvalue weighted by Gasteiger charge is 2.17. The van der Waals surface area contributed by atoms with Gasteiger partial charge in [-0.15, -0.1) is 11.3 Å². The van der Waals surface area contributed by atoms with Crippen LogP contribution in [0.4, 0.5) is 5.69 Å². The molecule has 0 bridgehead atoms. The smallest absolute Gasteiger partial charge is 0.257 e. The minimum Gasteiger partial charge on any atom is -0.322 e. The number of carbonyl (C=O) groups excluding carboxylic acids is 1. The molecular formula is C14H10ClNOS2. The highest BCUT2D eigenvalue weighted by molar-refractivity contribution is 7.23. The summed E-state index contributed by atoms with van der Waals surface area (Å²) in [4.78, 5) is 13.4. The normalized spacial score (nSPS) is 10.8. The van der Waals surface area contributed by atoms with Crippen LogP contribution < -0.4 is 5.32 Å². The molecule has 96 valence electrons. The van der Waals surface area contributed by atoms with E-state index in [2.05, 4.69) is 10.7 Å². The number of amides is 1. The Kier molecular flexibility index (Phi) is 3.31. The van der Waals surface area contributed by atoms with Crippen molar-refractivity contribution in [2.24, 2.45) is 0 Å². The third-order valence-corrected chi connectivity index (χ3v) is 5.05. The molecule has 0 aliphatic heterocycles. The van der Waals surface area contributed by atoms with Crippen LogP contribution in [0.2, 0.25) is 5.02 Å². The highest BCUT2D eigenvalue weighted by Crippen LogP contribution is 2.33. The lowest BCUT2D eigenvalue weighted by molar-refractivity contribution is 0.102. The van der Waals surface area contributed by atoms with Crippen molar-refractivity contribution in [3.05, 3.63) is 50.5 Å². The average molecular weight is 308 g/mol. The first-order chi connectivity index (χ1) is 9.15. The number of hydrogen-bond acceptors (Lipinski definition) is 3. The maximum absolute atomic E-state index is 12.4. The minimum atomic E-state index is -0.0653. The van der Waals surface area contributed by atoms with Crippen LogP contribution >= 0.6 is 34.3 Å². The van der Waals surface area contributed by atoms with E-state index in [0.717, 1.165) is 21.5 Å². The number of benzene rings is 1. The summed E-state index contributed by atoms with van der Waals surface area (Å²) >= 11 is 9.10. The Labute approximate surface area is 123 Å². The van der Waals surface area contributed by atoms with Gasteiger partial charge in [0.1, 0.15) is 0 Å². The summed E-state index contributed by atoms with van der Waals surface area (Å²) in [6.45, 7) is 1.98. The van der Waals surface area contributed by atoms with Crippen molar-refractivity contribution in [1.82, 2.24) is 0 Å². The number of nitrogens with one attached hydrogen (secondary N) is 1. The number of hydrogen-bond donors (Lipinski definition) is 1. The van der Waals surface area contributed by atoms with Crippen LogP contribution in [-0.4, -0.2) is 5.91 Å². The Morgan fingerprint density at radius 2 is 1.95 bits per heavy atom. The van der Waals surface area contributed by atoms with Gasteiger partial charge in [0.05, 0.1) is 5.56 Å². The third kappa shape index (κ3) is 2.39. The van der Waals surface area contributed by atoms with Crippen molar-refractivity contribution in [3.8, 4) is 0 Å². The van der Waals surface area contributed by atoms with E-state index >= 15 is 0 Å². The number of anilines is 1. The zero-order valence-corrected chi connectivity index (χ0v) is 12.5. The molecule has 2 heterocycles. The second kappa shape index (κ2) is 4.96. The summed E-state index contributed by atoms with van der Waals surface area (Å²) in [6.07, 6.45) is 0. The first-order valence-electron chi connectivity index (χ1n) is 5.67. The van der Waals surface area contributed by atoms with E-state index in [-0.39, 0.29) is 5.91 Å². The summed E-state index contributed by atoms with van der Waals surface area (Å²) in [6, 6.07) is 7.12. The molecule has 0 spiro atoms. The van der Waals surface area contributed by atoms with E-state index < -0.39 is 0 Å². The van der Waals surface area contributed by atoms with Crippen molar-refractivity contribution in [2.75, 3.05) is 5.32 Å². The predicted octanol–water partition coefficient (Wildman–Crippen LogP) is 5.18. The van der Waals surface area contributed by atoms with Crippen molar-refractivity contribution >= 4 is 56.0 Å². The van der Waals surface area contributed by atoms with Crippen LogP contribution in [0.25, 0.3) is 10.1 Å². The monoisotopic (exact) mass is 307 g/mol. The lowest BCUT2D eigenvalue weighted by Crippen LogP contribution is -2.12. The number of carbonyl (C=O) groups is 1. The number of thiophene rings is 2. The number of fused-ring (bicyclic) bond motifs is 1. The molecular weight excluding hydrogens is 298 g/mol. The van der Waals surface area contributed by atoms with Gasteiger partial charge in [-0.3, -0.25) is 4.79 Å². The van der Waals surface area contributed by atoms with Crippen molar-refractivity contribution in [1.29, 1.82) is 0 Å². The second-order valence-corrected chi connectivity index (χ2v) is 6.58. The zero-order chi connectivity index (χ0) is 13.4. The molecule has 0 saturated carbocycles. The molecule has 3 aromatic rings. The SMILES string of the molecule is Cc1sc2cscc2c1C(=O)Nc1ccc(Cl)cc1. The van der Waals surface area contributed by atoms with Gasteiger partial charge in [0.15, 0.2) is 0 Å². The second-order valence-electron chi connectivity index (χ2n) is 4.14. The molecule has 0 saturated heterocycles. The predicted molar refractivity (Wildman–Crippen MR) is 83.8 cm³/mol. The quantitative estimate of drug-likeness (QED) is 0.694. The van der Waals surface area contributed by atoms with E-state index in [1.807, 2.05) is 12.3 Å². The van der Waals surface area contributed by atoms with Gasteiger partial charge in [-0.05, 0) is 31.2 Å². The summed E-state index contributed by atoms with van der Waals surface area (Å²) in [5.41, 5.74) is 1.53. The largest absolute Gasteiger partial charge is 0.322 e. The van der Waals surface area contributed by atoms with E-state index in [1.54, 1.807) is 46.9 Å². The third-order valence-electron chi connectivity index (χ3n) is 2.84. The summed E-state index contributed by atoms with van der Waals surface area (Å²) < 4.78 is 1.17. The van der Waals surface area contributed by atoms with Crippen molar-refractivity contribution < 1.29 is 4.79 Å². The molecule has 1 aromatic carbocycles. The molecule has 3 rings (SSSR count). The number of halogens is 1. The van der Waals surface area contributed by atoms with Gasteiger partial charge in [0.2, 0.25) is 0 Å². The molecule has 2 aromatic heterocycles. The molecule has 0 fully saturated rings. The maximum Gasteiger partial charge on any atom is 0.257 e. The fourth-order valence-corrected chi connectivity index (χ4v) is 4.13. The lowest BCUT2D eigenvalue weighted by Gasteiger charge is -2.05. The molecule has 5 heteroatoms. The zero-order valence-electron chi connectivity index (χ0n) is 10.1. The summed E-state index contributed by atoms with van der Waals surface area (Å²) in [5, 5.41) is 8.70. The molecule has 0 radical (unpaired) electrons. The maximum atomic E-state index is 12.4. The van der Waals surface area contributed by atoms with Crippen LogP contribution in [0, 0.1) is 6.92 Å². The van der Waals surface area contributed by atoms with Gasteiger partial charge in [0.25, 0.3) is 5.91 Å². The van der Waals surface area contributed by atoms with Gasteiger partial charge in [-0.1, -0.05) is 11.6 Å². The van der Waals surface area contributed by atoms with Crippen LogP contribution in [-0.2, 0) is 0 Å². The van der Waals surface area contributed by atoms with Gasteiger partial charge in [-0.25, -0.2) is 0 Å². The molecule has 19 heavy (non-hydrogen) atoms. The van der Waals surface area contributed by atoms with Gasteiger partial charge in [-0.2, -0.15) is 11.3 Å². The Balaban J connectivity index is 1.93. The molecule has 2 nitrogen and oxygen atoms in total. The molecule has 0 atom stereocenters. The summed E-state index contributed by atoms with van der Waals surface area (Å²) in [5.74, 6) is -0.0653. The minimum absolute atomic E-state index is 0.0653. The fraction of sp³-hybridized carbons (Fsp3) is 0.0714. The van der Waals surface area contributed by atoms with Crippen LogP contribution in [0.1, 0.15) is 15.2 Å². The van der Waals surface area contributed by atoms with E-state index in [1.165, 1.54) is 4.70 Å². The van der Waals surface area contributed by atoms with Crippen molar-refractivity contribution in [2.45, 2.75) is 6.92 Å². The molecule has 1 N–H and O–H groups in total. The Morgan fingerprint density at radius 3 is 2.68 bits per heavy atom. The van der Waals surface area contributed by atoms with Gasteiger partial charge < -0.3 is 5.32 Å². The molecule has 0 aliphatic rings. The Bertz CT molecular complexity index is 742. The van der Waals surface area contributed by atoms with Crippen LogP contribution in [0.15, 0.2) is 35.0 Å². The molecule has 0 unspecified atom stereocenters. The fourth-order valence-electron chi connectivity index (χ4n) is 1.96. The number of aryl methyl sites for hydroxylation is 1. The standard InChI is InChI=1S/C14H10ClNOS2/c1-8-13(11-6-18-7-12(11)19-8)14(17)16-10-4-2-9(15)3-5-10/h2-7H,1H3,(H,16,17). The van der Waals surface area contributed by atoms with E-state index in [0.29, 0.717) is 5.02 Å². The molecule has 1 amide bonds. The lowest BCUT2D eigenvalue weighted by atomic mass is 10.2. The highest BCUT2D eigenvalue weighted by atomic mass is 35.5. The van der Waals surface area contributed by atoms with E-state index in [9.17, 15) is 4.79 Å². The van der Waals surface area contributed by atoms with Crippen LogP contribution in [0.3, 0.4) is 0 Å². The molecule has 0 aliphatic carbocycles. The Morgan fingerprint density at radius 1 is 1.21 bits per heavy atom. The average Bonchev–Trinajstić information content (AvgIpc) is 2.91. The summed E-state index contributed by atoms with van der Waals surface area (Å²) in [7, 11) is 0. The first kappa shape index (κ1) is 12.7. The number of rotatable bonds is 2. The van der Waals surface area contributed by atoms with Gasteiger partial charge >= 0.3 is 0 Å². The van der Waals surface area contributed by atoms with Gasteiger partial charge in [0, 0.05) is 36.4 Å². The first-order valence-corrected chi connectivity index (χ1v) is 7.81. The van der Waals surface area contributed by atoms with Crippen LogP contribution in [0.5, 0.6) is 0 Å².